The Morgan fingerprint density at radius 3 is 2.45 bits per heavy atom. The molecular formula is C32H32BrN3O4. The second-order valence-electron chi connectivity index (χ2n) is 9.66. The molecule has 0 spiro atoms. The van der Waals surface area contributed by atoms with Crippen molar-refractivity contribution in [3.05, 3.63) is 106 Å². The van der Waals surface area contributed by atoms with Gasteiger partial charge in [-0.25, -0.2) is 0 Å². The summed E-state index contributed by atoms with van der Waals surface area (Å²) in [6.07, 6.45) is 3.69. The van der Waals surface area contributed by atoms with Crippen molar-refractivity contribution in [3.8, 4) is 17.2 Å². The Kier molecular flexibility index (Phi) is 8.26. The molecule has 0 saturated carbocycles. The molecule has 0 bridgehead atoms. The highest BCUT2D eigenvalue weighted by atomic mass is 79.9. The molecule has 4 aromatic rings. The molecule has 206 valence electrons. The van der Waals surface area contributed by atoms with Crippen molar-refractivity contribution in [3.63, 3.8) is 0 Å². The van der Waals surface area contributed by atoms with E-state index in [1.807, 2.05) is 72.9 Å². The van der Waals surface area contributed by atoms with E-state index in [0.717, 1.165) is 39.9 Å². The average Bonchev–Trinajstić information content (AvgIpc) is 3.48. The third-order valence-electron chi connectivity index (χ3n) is 7.19. The molecule has 0 fully saturated rings. The Labute approximate surface area is 243 Å². The predicted molar refractivity (Wildman–Crippen MR) is 160 cm³/mol. The largest absolute Gasteiger partial charge is 0.497 e. The van der Waals surface area contributed by atoms with E-state index >= 15 is 0 Å². The van der Waals surface area contributed by atoms with Gasteiger partial charge in [-0.1, -0.05) is 47.5 Å². The summed E-state index contributed by atoms with van der Waals surface area (Å²) in [5, 5.41) is 0. The van der Waals surface area contributed by atoms with Crippen LogP contribution in [0.3, 0.4) is 0 Å². The first kappa shape index (κ1) is 27.5. The Bertz CT molecular complexity index is 1530. The Morgan fingerprint density at radius 2 is 1.73 bits per heavy atom. The zero-order chi connectivity index (χ0) is 28.2. The van der Waals surface area contributed by atoms with Crippen molar-refractivity contribution in [2.24, 2.45) is 0 Å². The van der Waals surface area contributed by atoms with Gasteiger partial charge in [-0.15, -0.1) is 0 Å². The number of hydrogen-bond donors (Lipinski definition) is 0. The summed E-state index contributed by atoms with van der Waals surface area (Å²) in [4.78, 5) is 31.6. The van der Waals surface area contributed by atoms with Crippen LogP contribution in [0.15, 0.2) is 89.5 Å². The minimum absolute atomic E-state index is 0.0663. The molecule has 1 aromatic heterocycles. The molecule has 5 rings (SSSR count). The molecule has 0 aliphatic carbocycles. The van der Waals surface area contributed by atoms with Crippen molar-refractivity contribution in [1.29, 1.82) is 0 Å². The number of rotatable bonds is 9. The molecular weight excluding hydrogens is 570 g/mol. The summed E-state index contributed by atoms with van der Waals surface area (Å²) in [6, 6.07) is 24.2. The van der Waals surface area contributed by atoms with Gasteiger partial charge in [0.2, 0.25) is 5.91 Å². The van der Waals surface area contributed by atoms with Crippen LogP contribution in [-0.4, -0.2) is 48.6 Å². The maximum atomic E-state index is 14.4. The van der Waals surface area contributed by atoms with Gasteiger partial charge in [0.25, 0.3) is 5.91 Å². The summed E-state index contributed by atoms with van der Waals surface area (Å²) >= 11 is 3.46. The molecule has 1 aliphatic rings. The van der Waals surface area contributed by atoms with Crippen molar-refractivity contribution in [2.75, 3.05) is 32.2 Å². The molecule has 0 N–H and O–H groups in total. The molecule has 1 unspecified atom stereocenters. The van der Waals surface area contributed by atoms with Gasteiger partial charge >= 0.3 is 0 Å². The highest BCUT2D eigenvalue weighted by molar-refractivity contribution is 9.10. The number of hydrogen-bond acceptors (Lipinski definition) is 4. The first-order valence-electron chi connectivity index (χ1n) is 13.3. The van der Waals surface area contributed by atoms with Gasteiger partial charge < -0.3 is 18.9 Å². The second-order valence-corrected chi connectivity index (χ2v) is 10.6. The fourth-order valence-electron chi connectivity index (χ4n) is 5.25. The van der Waals surface area contributed by atoms with E-state index in [0.29, 0.717) is 23.6 Å². The molecule has 40 heavy (non-hydrogen) atoms. The van der Waals surface area contributed by atoms with E-state index < -0.39 is 6.04 Å². The highest BCUT2D eigenvalue weighted by Gasteiger charge is 2.38. The Morgan fingerprint density at radius 1 is 0.925 bits per heavy atom. The number of methoxy groups -OCH3 is 2. The van der Waals surface area contributed by atoms with Crippen molar-refractivity contribution in [1.82, 2.24) is 9.47 Å². The van der Waals surface area contributed by atoms with E-state index in [4.69, 9.17) is 9.47 Å². The molecule has 2 amide bonds. The summed E-state index contributed by atoms with van der Waals surface area (Å²) < 4.78 is 14.2. The lowest BCUT2D eigenvalue weighted by molar-refractivity contribution is -0.119. The zero-order valence-electron chi connectivity index (χ0n) is 22.8. The van der Waals surface area contributed by atoms with Gasteiger partial charge in [-0.05, 0) is 67.1 Å². The number of unbranched alkanes of at least 4 members (excludes halogenated alkanes) is 1. The molecule has 3 aromatic carbocycles. The normalized spacial score (nSPS) is 13.8. The van der Waals surface area contributed by atoms with Crippen molar-refractivity contribution >= 4 is 33.4 Å². The van der Waals surface area contributed by atoms with Crippen LogP contribution in [0.5, 0.6) is 11.5 Å². The van der Waals surface area contributed by atoms with Crippen LogP contribution in [0, 0.1) is 0 Å². The number of amides is 2. The van der Waals surface area contributed by atoms with Gasteiger partial charge in [0.1, 0.15) is 24.1 Å². The summed E-state index contributed by atoms with van der Waals surface area (Å²) in [5.74, 6) is 0.944. The number of carbonyl (C=O) groups excluding carboxylic acids is 2. The number of benzene rings is 3. The number of aromatic nitrogens is 1. The lowest BCUT2D eigenvalue weighted by Gasteiger charge is -2.40. The fraction of sp³-hybridized carbons (Fsp3) is 0.250. The number of carbonyl (C=O) groups is 2. The number of halogens is 1. The van der Waals surface area contributed by atoms with Crippen molar-refractivity contribution in [2.45, 2.75) is 25.8 Å². The zero-order valence-corrected chi connectivity index (χ0v) is 24.4. The van der Waals surface area contributed by atoms with Gasteiger partial charge in [-0.3, -0.25) is 14.5 Å². The van der Waals surface area contributed by atoms with E-state index in [9.17, 15) is 9.59 Å². The number of para-hydroxylation sites is 2. The fourth-order valence-corrected chi connectivity index (χ4v) is 5.65. The minimum Gasteiger partial charge on any atom is -0.497 e. The van der Waals surface area contributed by atoms with Gasteiger partial charge in [0, 0.05) is 28.3 Å². The van der Waals surface area contributed by atoms with Crippen molar-refractivity contribution < 1.29 is 19.1 Å². The lowest BCUT2D eigenvalue weighted by Crippen LogP contribution is -2.47. The topological polar surface area (TPSA) is 64.0 Å². The number of fused-ring (bicyclic) bond motifs is 3. The molecule has 1 aliphatic heterocycles. The van der Waals surface area contributed by atoms with Gasteiger partial charge in [0.15, 0.2) is 0 Å². The van der Waals surface area contributed by atoms with E-state index in [2.05, 4.69) is 27.4 Å². The average molecular weight is 603 g/mol. The Balaban J connectivity index is 1.61. The lowest BCUT2D eigenvalue weighted by atomic mass is 9.96. The second kappa shape index (κ2) is 12.0. The summed E-state index contributed by atoms with van der Waals surface area (Å²) in [5.41, 5.74) is 3.90. The standard InChI is InChI=1S/C32H32BrN3O4/c1-4-5-17-34(32(38)22-10-8-11-23(33)19-22)21-30(37)36-27-13-7-6-12-26(27)35-18-9-14-28(35)31(36)25-20-24(39-2)15-16-29(25)40-3/h6-16,18-20,31H,4-5,17,21H2,1-3H3. The molecule has 8 heteroatoms. The SMILES string of the molecule is CCCCN(CC(=O)N1c2ccccc2-n2cccc2C1c1cc(OC)ccc1OC)C(=O)c1cccc(Br)c1. The first-order valence-corrected chi connectivity index (χ1v) is 14.1. The van der Waals surface area contributed by atoms with Crippen LogP contribution in [0.1, 0.15) is 47.4 Å². The molecule has 1 atom stereocenters. The predicted octanol–water partition coefficient (Wildman–Crippen LogP) is 6.64. The molecule has 7 nitrogen and oxygen atoms in total. The van der Waals surface area contributed by atoms with Crippen LogP contribution in [0.25, 0.3) is 5.69 Å². The maximum Gasteiger partial charge on any atom is 0.254 e. The van der Waals surface area contributed by atoms with E-state index in [1.54, 1.807) is 36.2 Å². The Hall–Kier alpha value is -4.04. The van der Waals surface area contributed by atoms with Crippen LogP contribution >= 0.6 is 15.9 Å². The monoisotopic (exact) mass is 601 g/mol. The summed E-state index contributed by atoms with van der Waals surface area (Å²) in [7, 11) is 3.24. The molecule has 0 saturated heterocycles. The van der Waals surface area contributed by atoms with E-state index in [-0.39, 0.29) is 18.4 Å². The van der Waals surface area contributed by atoms with Crippen LogP contribution < -0.4 is 14.4 Å². The maximum absolute atomic E-state index is 14.4. The van der Waals surface area contributed by atoms with Gasteiger partial charge in [-0.2, -0.15) is 0 Å². The van der Waals surface area contributed by atoms with E-state index in [1.165, 1.54) is 0 Å². The third-order valence-corrected chi connectivity index (χ3v) is 7.68. The van der Waals surface area contributed by atoms with Gasteiger partial charge in [0.05, 0.1) is 31.3 Å². The summed E-state index contributed by atoms with van der Waals surface area (Å²) in [6.45, 7) is 2.49. The first-order chi connectivity index (χ1) is 19.5. The molecule has 0 radical (unpaired) electrons. The van der Waals surface area contributed by atoms with Crippen LogP contribution in [0.4, 0.5) is 5.69 Å². The van der Waals surface area contributed by atoms with Crippen LogP contribution in [0.2, 0.25) is 0 Å². The minimum atomic E-state index is -0.503. The number of nitrogens with zero attached hydrogens (tertiary/aromatic N) is 3. The third kappa shape index (κ3) is 5.23. The quantitative estimate of drug-likeness (QED) is 0.216. The highest BCUT2D eigenvalue weighted by Crippen LogP contribution is 2.45. The smallest absolute Gasteiger partial charge is 0.254 e. The van der Waals surface area contributed by atoms with Crippen LogP contribution in [-0.2, 0) is 4.79 Å². The number of anilines is 1. The number of ether oxygens (including phenoxy) is 2. The molecule has 2 heterocycles.